The number of benzene rings is 2. The van der Waals surface area contributed by atoms with E-state index in [1.807, 2.05) is 0 Å². The van der Waals surface area contributed by atoms with Crippen molar-refractivity contribution in [3.63, 3.8) is 0 Å². The second-order valence-corrected chi connectivity index (χ2v) is 12.4. The SMILES string of the molecule is CN(C)c1ccc(CC2C3C4C5C6C(=C(C#N)C#N)C7C5C3C3C2C4C6C73)c2ccccc12. The van der Waals surface area contributed by atoms with E-state index in [2.05, 4.69) is 67.5 Å². The maximum absolute atomic E-state index is 9.66. The fourth-order valence-corrected chi connectivity index (χ4v) is 12.4. The molecule has 33 heavy (non-hydrogen) atoms. The van der Waals surface area contributed by atoms with Crippen LogP contribution in [0.15, 0.2) is 47.5 Å². The molecule has 0 N–H and O–H groups in total. The molecule has 162 valence electrons. The Morgan fingerprint density at radius 2 is 1.27 bits per heavy atom. The zero-order valence-electron chi connectivity index (χ0n) is 19.0. The van der Waals surface area contributed by atoms with Gasteiger partial charge in [0.15, 0.2) is 0 Å². The van der Waals surface area contributed by atoms with Crippen LogP contribution in [0, 0.1) is 99.6 Å². The van der Waals surface area contributed by atoms with Gasteiger partial charge in [0.25, 0.3) is 0 Å². The van der Waals surface area contributed by atoms with Gasteiger partial charge in [-0.15, -0.1) is 0 Å². The van der Waals surface area contributed by atoms with Crippen molar-refractivity contribution >= 4 is 16.5 Å². The molecule has 8 aliphatic rings. The van der Waals surface area contributed by atoms with Gasteiger partial charge >= 0.3 is 0 Å². The van der Waals surface area contributed by atoms with E-state index in [-0.39, 0.29) is 0 Å². The van der Waals surface area contributed by atoms with Crippen LogP contribution in [0.4, 0.5) is 5.69 Å². The highest BCUT2D eigenvalue weighted by Crippen LogP contribution is 2.95. The van der Waals surface area contributed by atoms with Crippen molar-refractivity contribution < 1.29 is 0 Å². The quantitative estimate of drug-likeness (QED) is 0.652. The monoisotopic (exact) mass is 429 g/mol. The van der Waals surface area contributed by atoms with Gasteiger partial charge in [-0.25, -0.2) is 0 Å². The van der Waals surface area contributed by atoms with Crippen LogP contribution in [0.5, 0.6) is 0 Å². The maximum Gasteiger partial charge on any atom is 0.129 e. The minimum Gasteiger partial charge on any atom is -0.377 e. The maximum atomic E-state index is 9.66. The normalized spacial score (nSPS) is 49.2. The molecule has 8 unspecified atom stereocenters. The van der Waals surface area contributed by atoms with Crippen molar-refractivity contribution in [1.29, 1.82) is 10.5 Å². The average molecular weight is 430 g/mol. The first kappa shape index (κ1) is 17.7. The summed E-state index contributed by atoms with van der Waals surface area (Å²) >= 11 is 0. The minimum atomic E-state index is 0.505. The van der Waals surface area contributed by atoms with Crippen molar-refractivity contribution in [2.24, 2.45) is 76.9 Å². The topological polar surface area (TPSA) is 50.8 Å². The van der Waals surface area contributed by atoms with Crippen molar-refractivity contribution in [2.45, 2.75) is 6.42 Å². The third kappa shape index (κ3) is 1.58. The van der Waals surface area contributed by atoms with Crippen LogP contribution in [0.1, 0.15) is 5.56 Å². The molecular weight excluding hydrogens is 402 g/mol. The van der Waals surface area contributed by atoms with E-state index >= 15 is 0 Å². The van der Waals surface area contributed by atoms with Gasteiger partial charge in [-0.05, 0) is 106 Å². The van der Waals surface area contributed by atoms with E-state index < -0.39 is 0 Å². The molecule has 0 spiro atoms. The molecule has 8 fully saturated rings. The van der Waals surface area contributed by atoms with Crippen LogP contribution in [-0.2, 0) is 6.42 Å². The third-order valence-corrected chi connectivity index (χ3v) is 12.1. The van der Waals surface area contributed by atoms with Crippen LogP contribution >= 0.6 is 0 Å². The Balaban J connectivity index is 1.14. The van der Waals surface area contributed by atoms with Crippen LogP contribution in [-0.4, -0.2) is 14.1 Å². The summed E-state index contributed by atoms with van der Waals surface area (Å²) in [5.74, 6) is 10.8. The van der Waals surface area contributed by atoms with E-state index in [4.69, 9.17) is 0 Å². The van der Waals surface area contributed by atoms with E-state index in [0.717, 1.165) is 65.1 Å². The van der Waals surface area contributed by atoms with Gasteiger partial charge in [-0.2, -0.15) is 10.5 Å². The van der Waals surface area contributed by atoms with Crippen LogP contribution in [0.25, 0.3) is 10.8 Å². The molecule has 0 amide bonds. The summed E-state index contributed by atoms with van der Waals surface area (Å²) in [5.41, 5.74) is 4.73. The second kappa shape index (κ2) is 5.31. The van der Waals surface area contributed by atoms with Gasteiger partial charge in [-0.1, -0.05) is 30.3 Å². The van der Waals surface area contributed by atoms with Crippen LogP contribution < -0.4 is 4.90 Å². The lowest BCUT2D eigenvalue weighted by atomic mass is 9.80. The molecule has 0 aromatic heterocycles. The van der Waals surface area contributed by atoms with Gasteiger partial charge in [0.05, 0.1) is 0 Å². The van der Waals surface area contributed by atoms with Crippen molar-refractivity contribution in [2.75, 3.05) is 19.0 Å². The van der Waals surface area contributed by atoms with Gasteiger partial charge in [0, 0.05) is 25.2 Å². The molecule has 2 aromatic rings. The first-order valence-corrected chi connectivity index (χ1v) is 12.9. The molecule has 8 saturated carbocycles. The van der Waals surface area contributed by atoms with Gasteiger partial charge in [0.1, 0.15) is 17.7 Å². The highest BCUT2D eigenvalue weighted by atomic mass is 15.1. The fraction of sp³-hybridized carbons (Fsp3) is 0.533. The lowest BCUT2D eigenvalue weighted by molar-refractivity contribution is 0.220. The Morgan fingerprint density at radius 1 is 0.727 bits per heavy atom. The molecule has 2 aromatic carbocycles. The van der Waals surface area contributed by atoms with Gasteiger partial charge in [0.2, 0.25) is 0 Å². The molecule has 0 aliphatic heterocycles. The predicted molar refractivity (Wildman–Crippen MR) is 126 cm³/mol. The van der Waals surface area contributed by atoms with Crippen LogP contribution in [0.2, 0.25) is 0 Å². The fourth-order valence-electron chi connectivity index (χ4n) is 12.4. The lowest BCUT2D eigenvalue weighted by Crippen LogP contribution is -2.21. The number of nitriles is 2. The predicted octanol–water partition coefficient (Wildman–Crippen LogP) is 4.90. The first-order valence-electron chi connectivity index (χ1n) is 12.9. The summed E-state index contributed by atoms with van der Waals surface area (Å²) in [4.78, 5) is 2.24. The number of hydrogen-bond donors (Lipinski definition) is 0. The van der Waals surface area contributed by atoms with Crippen molar-refractivity contribution in [3.8, 4) is 12.1 Å². The summed E-state index contributed by atoms with van der Waals surface area (Å²) in [5, 5.41) is 22.2. The number of allylic oxidation sites excluding steroid dienone is 2. The average Bonchev–Trinajstić information content (AvgIpc) is 3.60. The largest absolute Gasteiger partial charge is 0.377 e. The Hall–Kier alpha value is -2.78. The van der Waals surface area contributed by atoms with Crippen LogP contribution in [0.3, 0.4) is 0 Å². The molecule has 8 aliphatic carbocycles. The summed E-state index contributed by atoms with van der Waals surface area (Å²) < 4.78 is 0. The molecule has 0 saturated heterocycles. The molecular formula is C30H27N3. The highest BCUT2D eigenvalue weighted by Gasteiger charge is 2.91. The summed E-state index contributed by atoms with van der Waals surface area (Å²) in [6, 6.07) is 18.4. The number of nitrogens with zero attached hydrogens (tertiary/aromatic N) is 3. The van der Waals surface area contributed by atoms with Gasteiger partial charge in [-0.3, -0.25) is 0 Å². The number of hydrogen-bond acceptors (Lipinski definition) is 3. The smallest absolute Gasteiger partial charge is 0.129 e. The highest BCUT2D eigenvalue weighted by molar-refractivity contribution is 5.96. The summed E-state index contributed by atoms with van der Waals surface area (Å²) in [6.45, 7) is 0. The number of anilines is 1. The van der Waals surface area contributed by atoms with E-state index in [0.29, 0.717) is 17.4 Å². The number of rotatable bonds is 3. The van der Waals surface area contributed by atoms with Gasteiger partial charge < -0.3 is 4.90 Å². The third-order valence-electron chi connectivity index (χ3n) is 12.1. The molecule has 0 radical (unpaired) electrons. The Kier molecular flexibility index (Phi) is 2.84. The standard InChI is InChI=1S/C30H27N3/c1-33(2)17-8-7-12(14-5-3-4-6-15(14)17)9-16-19-23-25-20(16)26-24(19)28-22-18(13(10-31)11-32)21(27(23)28)29(25)30(22)26/h3-8,16,19-30H,9H2,1-2H3. The Labute approximate surface area is 194 Å². The Bertz CT molecular complexity index is 1310. The zero-order valence-corrected chi connectivity index (χ0v) is 19.0. The minimum absolute atomic E-state index is 0.505. The Morgan fingerprint density at radius 3 is 1.79 bits per heavy atom. The molecule has 0 heterocycles. The van der Waals surface area contributed by atoms with E-state index in [1.54, 1.807) is 5.56 Å². The molecule has 4 bridgehead atoms. The molecule has 3 nitrogen and oxygen atoms in total. The van der Waals surface area contributed by atoms with Crippen molar-refractivity contribution in [3.05, 3.63) is 53.1 Å². The molecule has 10 rings (SSSR count). The second-order valence-electron chi connectivity index (χ2n) is 12.4. The van der Waals surface area contributed by atoms with E-state index in [1.165, 1.54) is 28.5 Å². The molecule has 3 heteroatoms. The zero-order chi connectivity index (χ0) is 21.9. The first-order chi connectivity index (χ1) is 16.2. The number of fused-ring (bicyclic) bond motifs is 1. The lowest BCUT2D eigenvalue weighted by Gasteiger charge is -2.24. The van der Waals surface area contributed by atoms with E-state index in [9.17, 15) is 10.5 Å². The molecule has 8 atom stereocenters. The van der Waals surface area contributed by atoms with Crippen molar-refractivity contribution in [1.82, 2.24) is 0 Å². The summed E-state index contributed by atoms with van der Waals surface area (Å²) in [7, 11) is 4.29. The summed E-state index contributed by atoms with van der Waals surface area (Å²) in [6.07, 6.45) is 1.25.